The van der Waals surface area contributed by atoms with Gasteiger partial charge in [0.25, 0.3) is 5.91 Å². The minimum atomic E-state index is -0.336. The third-order valence-electron chi connectivity index (χ3n) is 4.57. The Morgan fingerprint density at radius 3 is 2.38 bits per heavy atom. The lowest BCUT2D eigenvalue weighted by Crippen LogP contribution is -2.22. The van der Waals surface area contributed by atoms with Crippen molar-refractivity contribution in [3.63, 3.8) is 0 Å². The second kappa shape index (κ2) is 7.84. The fourth-order valence-corrected chi connectivity index (χ4v) is 3.15. The summed E-state index contributed by atoms with van der Waals surface area (Å²) < 4.78 is 20.7. The van der Waals surface area contributed by atoms with Crippen LogP contribution in [0.15, 0.2) is 54.6 Å². The molecule has 8 heteroatoms. The highest BCUT2D eigenvalue weighted by Gasteiger charge is 2.24. The maximum absolute atomic E-state index is 13.1. The molecule has 4 rings (SSSR count). The number of carbonyl (C=O) groups is 2. The quantitative estimate of drug-likeness (QED) is 0.709. The molecule has 1 aromatic heterocycles. The van der Waals surface area contributed by atoms with Crippen LogP contribution in [0.3, 0.4) is 0 Å². The van der Waals surface area contributed by atoms with Gasteiger partial charge in [-0.25, -0.2) is 4.39 Å². The van der Waals surface area contributed by atoms with Gasteiger partial charge in [-0.05, 0) is 48.0 Å². The summed E-state index contributed by atoms with van der Waals surface area (Å²) in [4.78, 5) is 23.6. The molecular formula is C21H19FN4O3. The molecule has 148 valence electrons. The van der Waals surface area contributed by atoms with Crippen LogP contribution in [-0.4, -0.2) is 21.6 Å². The molecule has 0 aliphatic carbocycles. The molecule has 0 fully saturated rings. The van der Waals surface area contributed by atoms with Crippen molar-refractivity contribution in [2.45, 2.75) is 26.2 Å². The standard InChI is InChI=1S/C21H19FN4O3/c1-13(27)23-16-6-8-17(9-7-16)24-21(28)19-10-18-12-29-20(11-26(18)25-19)14-2-4-15(22)5-3-14/h2-10,20H,11-12H2,1H3,(H,23,27)(H,24,28)/t20-/m1/s1. The molecule has 0 spiro atoms. The first-order valence-electron chi connectivity index (χ1n) is 9.11. The summed E-state index contributed by atoms with van der Waals surface area (Å²) in [6, 6.07) is 14.7. The maximum atomic E-state index is 13.1. The van der Waals surface area contributed by atoms with Crippen LogP contribution in [0.1, 0.15) is 34.8 Å². The van der Waals surface area contributed by atoms with Gasteiger partial charge >= 0.3 is 0 Å². The normalized spacial score (nSPS) is 15.4. The van der Waals surface area contributed by atoms with E-state index in [9.17, 15) is 14.0 Å². The second-order valence-corrected chi connectivity index (χ2v) is 6.77. The first-order chi connectivity index (χ1) is 14.0. The van der Waals surface area contributed by atoms with E-state index in [0.29, 0.717) is 24.5 Å². The summed E-state index contributed by atoms with van der Waals surface area (Å²) in [6.45, 7) is 2.19. The van der Waals surface area contributed by atoms with Gasteiger partial charge in [0.1, 0.15) is 11.9 Å². The molecule has 2 aromatic carbocycles. The summed E-state index contributed by atoms with van der Waals surface area (Å²) in [6.07, 6.45) is -0.250. The molecule has 1 aliphatic heterocycles. The summed E-state index contributed by atoms with van der Waals surface area (Å²) in [5.74, 6) is -0.794. The van der Waals surface area contributed by atoms with E-state index >= 15 is 0 Å². The number of amides is 2. The van der Waals surface area contributed by atoms with E-state index in [0.717, 1.165) is 11.3 Å². The van der Waals surface area contributed by atoms with E-state index in [1.54, 1.807) is 47.1 Å². The number of nitrogens with one attached hydrogen (secondary N) is 2. The number of ether oxygens (including phenoxy) is 1. The number of benzene rings is 2. The Morgan fingerprint density at radius 1 is 1.07 bits per heavy atom. The van der Waals surface area contributed by atoms with Gasteiger partial charge in [-0.1, -0.05) is 12.1 Å². The lowest BCUT2D eigenvalue weighted by molar-refractivity contribution is -0.114. The molecule has 1 aliphatic rings. The van der Waals surface area contributed by atoms with Crippen LogP contribution in [0.5, 0.6) is 0 Å². The Labute approximate surface area is 166 Å². The molecule has 29 heavy (non-hydrogen) atoms. The Hall–Kier alpha value is -3.52. The van der Waals surface area contributed by atoms with Gasteiger partial charge in [-0.2, -0.15) is 5.10 Å². The van der Waals surface area contributed by atoms with Crippen molar-refractivity contribution in [2.24, 2.45) is 0 Å². The third-order valence-corrected chi connectivity index (χ3v) is 4.57. The maximum Gasteiger partial charge on any atom is 0.276 e. The monoisotopic (exact) mass is 394 g/mol. The van der Waals surface area contributed by atoms with Crippen LogP contribution in [-0.2, 0) is 22.7 Å². The first kappa shape index (κ1) is 18.8. The van der Waals surface area contributed by atoms with Crippen molar-refractivity contribution in [1.82, 2.24) is 9.78 Å². The lowest BCUT2D eigenvalue weighted by atomic mass is 10.1. The van der Waals surface area contributed by atoms with Gasteiger partial charge in [0, 0.05) is 18.3 Å². The van der Waals surface area contributed by atoms with Crippen molar-refractivity contribution in [1.29, 1.82) is 0 Å². The summed E-state index contributed by atoms with van der Waals surface area (Å²) in [7, 11) is 0. The van der Waals surface area contributed by atoms with Gasteiger partial charge in [-0.15, -0.1) is 0 Å². The van der Waals surface area contributed by atoms with E-state index in [1.807, 2.05) is 0 Å². The number of hydrogen-bond acceptors (Lipinski definition) is 4. The third kappa shape index (κ3) is 4.33. The zero-order valence-electron chi connectivity index (χ0n) is 15.7. The minimum Gasteiger partial charge on any atom is -0.365 e. The van der Waals surface area contributed by atoms with Crippen molar-refractivity contribution in [3.8, 4) is 0 Å². The predicted molar refractivity (Wildman–Crippen MR) is 105 cm³/mol. The molecule has 1 atom stereocenters. The Balaban J connectivity index is 1.43. The van der Waals surface area contributed by atoms with Crippen LogP contribution in [0.4, 0.5) is 15.8 Å². The fraction of sp³-hybridized carbons (Fsp3) is 0.190. The van der Waals surface area contributed by atoms with Crippen molar-refractivity contribution in [3.05, 3.63) is 77.4 Å². The van der Waals surface area contributed by atoms with E-state index in [-0.39, 0.29) is 29.4 Å². The lowest BCUT2D eigenvalue weighted by Gasteiger charge is -2.24. The summed E-state index contributed by atoms with van der Waals surface area (Å²) in [5.41, 5.74) is 3.19. The zero-order valence-corrected chi connectivity index (χ0v) is 15.7. The molecule has 0 unspecified atom stereocenters. The number of hydrogen-bond donors (Lipinski definition) is 2. The molecule has 0 bridgehead atoms. The van der Waals surface area contributed by atoms with Crippen LogP contribution in [0.25, 0.3) is 0 Å². The number of halogens is 1. The van der Waals surface area contributed by atoms with Crippen molar-refractivity contribution < 1.29 is 18.7 Å². The Bertz CT molecular complexity index is 1040. The number of rotatable bonds is 4. The Kier molecular flexibility index (Phi) is 5.09. The van der Waals surface area contributed by atoms with Gasteiger partial charge < -0.3 is 15.4 Å². The van der Waals surface area contributed by atoms with Crippen LogP contribution in [0, 0.1) is 5.82 Å². The smallest absolute Gasteiger partial charge is 0.276 e. The number of aromatic nitrogens is 2. The van der Waals surface area contributed by atoms with E-state index in [1.165, 1.54) is 19.1 Å². The number of fused-ring (bicyclic) bond motifs is 1. The molecule has 0 radical (unpaired) electrons. The van der Waals surface area contributed by atoms with Crippen molar-refractivity contribution >= 4 is 23.2 Å². The van der Waals surface area contributed by atoms with E-state index < -0.39 is 0 Å². The molecule has 2 heterocycles. The van der Waals surface area contributed by atoms with Gasteiger partial charge in [0.2, 0.25) is 5.91 Å². The number of carbonyl (C=O) groups excluding carboxylic acids is 2. The zero-order chi connectivity index (χ0) is 20.4. The van der Waals surface area contributed by atoms with Gasteiger partial charge in [0.05, 0.1) is 18.8 Å². The predicted octanol–water partition coefficient (Wildman–Crippen LogP) is 3.50. The van der Waals surface area contributed by atoms with Gasteiger partial charge in [-0.3, -0.25) is 14.3 Å². The highest BCUT2D eigenvalue weighted by atomic mass is 19.1. The number of nitrogens with zero attached hydrogens (tertiary/aromatic N) is 2. The molecule has 2 N–H and O–H groups in total. The average Bonchev–Trinajstić information content (AvgIpc) is 3.13. The molecular weight excluding hydrogens is 375 g/mol. The summed E-state index contributed by atoms with van der Waals surface area (Å²) >= 11 is 0. The van der Waals surface area contributed by atoms with Gasteiger partial charge in [0.15, 0.2) is 5.69 Å². The van der Waals surface area contributed by atoms with E-state index in [2.05, 4.69) is 15.7 Å². The van der Waals surface area contributed by atoms with Crippen LogP contribution in [0.2, 0.25) is 0 Å². The molecule has 7 nitrogen and oxygen atoms in total. The highest BCUT2D eigenvalue weighted by molar-refractivity contribution is 6.03. The largest absolute Gasteiger partial charge is 0.365 e. The topological polar surface area (TPSA) is 85.3 Å². The van der Waals surface area contributed by atoms with Crippen LogP contribution < -0.4 is 10.6 Å². The SMILES string of the molecule is CC(=O)Nc1ccc(NC(=O)c2cc3n(n2)C[C@H](c2ccc(F)cc2)OC3)cc1. The molecule has 3 aromatic rings. The van der Waals surface area contributed by atoms with E-state index in [4.69, 9.17) is 4.74 Å². The Morgan fingerprint density at radius 2 is 1.72 bits per heavy atom. The van der Waals surface area contributed by atoms with Crippen molar-refractivity contribution in [2.75, 3.05) is 10.6 Å². The average molecular weight is 394 g/mol. The molecule has 0 saturated heterocycles. The first-order valence-corrected chi connectivity index (χ1v) is 9.11. The molecule has 0 saturated carbocycles. The number of anilines is 2. The second-order valence-electron chi connectivity index (χ2n) is 6.77. The highest BCUT2D eigenvalue weighted by Crippen LogP contribution is 2.27. The fourth-order valence-electron chi connectivity index (χ4n) is 3.15. The molecule has 2 amide bonds. The summed E-state index contributed by atoms with van der Waals surface area (Å²) in [5, 5.41) is 9.85. The van der Waals surface area contributed by atoms with Crippen LogP contribution >= 0.6 is 0 Å². The minimum absolute atomic E-state index is 0.161.